The van der Waals surface area contributed by atoms with Gasteiger partial charge in [-0.1, -0.05) is 15.9 Å². The summed E-state index contributed by atoms with van der Waals surface area (Å²) in [5.74, 6) is 0. The highest BCUT2D eigenvalue weighted by Crippen LogP contribution is 2.33. The van der Waals surface area contributed by atoms with Gasteiger partial charge in [0.1, 0.15) is 0 Å². The van der Waals surface area contributed by atoms with E-state index in [1.165, 1.54) is 19.3 Å². The van der Waals surface area contributed by atoms with E-state index in [2.05, 4.69) is 25.7 Å². The fraction of sp³-hybridized carbons (Fsp3) is 0.417. The van der Waals surface area contributed by atoms with Crippen molar-refractivity contribution in [2.24, 2.45) is 0 Å². The molecule has 0 saturated carbocycles. The van der Waals surface area contributed by atoms with Gasteiger partial charge in [-0.05, 0) is 37.5 Å². The van der Waals surface area contributed by atoms with E-state index in [0.717, 1.165) is 28.9 Å². The first-order valence-electron chi connectivity index (χ1n) is 5.23. The molecule has 0 atom stereocenters. The number of piperidine rings is 1. The molecule has 0 radical (unpaired) electrons. The highest BCUT2D eigenvalue weighted by atomic mass is 79.9. The summed E-state index contributed by atoms with van der Waals surface area (Å²) in [6, 6.07) is 5.96. The van der Waals surface area contributed by atoms with Crippen molar-refractivity contribution in [2.75, 3.05) is 18.0 Å². The average Bonchev–Trinajstić information content (AvgIpc) is 2.30. The van der Waals surface area contributed by atoms with Crippen LogP contribution in [0.15, 0.2) is 22.7 Å². The van der Waals surface area contributed by atoms with Crippen molar-refractivity contribution < 1.29 is 0 Å². The number of halogens is 1. The number of anilines is 1. The van der Waals surface area contributed by atoms with E-state index in [-0.39, 0.29) is 0 Å². The van der Waals surface area contributed by atoms with Crippen LogP contribution in [0.2, 0.25) is 0 Å². The Morgan fingerprint density at radius 3 is 2.60 bits per heavy atom. The van der Waals surface area contributed by atoms with Gasteiger partial charge in [-0.15, -0.1) is 0 Å². The van der Waals surface area contributed by atoms with Crippen LogP contribution in [-0.2, 0) is 0 Å². The SMILES string of the molecule is [C-]#[N+]c1cc(Br)ccc1N1CCCCC1. The molecule has 0 amide bonds. The monoisotopic (exact) mass is 264 g/mol. The molecule has 0 spiro atoms. The first-order chi connectivity index (χ1) is 7.31. The molecule has 0 aromatic heterocycles. The van der Waals surface area contributed by atoms with Crippen molar-refractivity contribution in [1.82, 2.24) is 0 Å². The molecule has 2 rings (SSSR count). The Hall–Kier alpha value is -1.01. The fourth-order valence-corrected chi connectivity index (χ4v) is 2.34. The van der Waals surface area contributed by atoms with Gasteiger partial charge in [0.15, 0.2) is 0 Å². The quantitative estimate of drug-likeness (QED) is 0.697. The number of rotatable bonds is 1. The highest BCUT2D eigenvalue weighted by Gasteiger charge is 2.14. The van der Waals surface area contributed by atoms with E-state index in [0.29, 0.717) is 0 Å². The second-order valence-electron chi connectivity index (χ2n) is 3.79. The lowest BCUT2D eigenvalue weighted by molar-refractivity contribution is 0.578. The third kappa shape index (κ3) is 2.32. The predicted octanol–water partition coefficient (Wildman–Crippen LogP) is 3.99. The van der Waals surface area contributed by atoms with E-state index in [1.807, 2.05) is 18.2 Å². The van der Waals surface area contributed by atoms with Gasteiger partial charge in [0.05, 0.1) is 6.57 Å². The van der Waals surface area contributed by atoms with Crippen LogP contribution in [0.25, 0.3) is 4.85 Å². The van der Waals surface area contributed by atoms with Crippen molar-refractivity contribution in [3.05, 3.63) is 34.1 Å². The Morgan fingerprint density at radius 1 is 1.20 bits per heavy atom. The van der Waals surface area contributed by atoms with E-state index in [9.17, 15) is 0 Å². The van der Waals surface area contributed by atoms with Crippen LogP contribution in [0.4, 0.5) is 11.4 Å². The summed E-state index contributed by atoms with van der Waals surface area (Å²) in [5.41, 5.74) is 1.85. The summed E-state index contributed by atoms with van der Waals surface area (Å²) < 4.78 is 0.981. The lowest BCUT2D eigenvalue weighted by Crippen LogP contribution is -2.29. The molecule has 1 aromatic rings. The third-order valence-corrected chi connectivity index (χ3v) is 3.25. The Kier molecular flexibility index (Phi) is 3.27. The smallest absolute Gasteiger partial charge is 0.210 e. The maximum absolute atomic E-state index is 7.18. The highest BCUT2D eigenvalue weighted by molar-refractivity contribution is 9.10. The minimum atomic E-state index is 0.756. The molecule has 15 heavy (non-hydrogen) atoms. The minimum Gasteiger partial charge on any atom is -0.380 e. The maximum Gasteiger partial charge on any atom is 0.210 e. The molecule has 1 fully saturated rings. The van der Waals surface area contributed by atoms with E-state index in [1.54, 1.807) is 0 Å². The van der Waals surface area contributed by atoms with Gasteiger partial charge in [0.2, 0.25) is 5.69 Å². The fourth-order valence-electron chi connectivity index (χ4n) is 1.99. The largest absolute Gasteiger partial charge is 0.380 e. The van der Waals surface area contributed by atoms with Gasteiger partial charge in [0, 0.05) is 23.2 Å². The van der Waals surface area contributed by atoms with Gasteiger partial charge in [-0.25, -0.2) is 4.85 Å². The molecule has 1 heterocycles. The molecule has 0 N–H and O–H groups in total. The maximum atomic E-state index is 7.18. The first kappa shape index (κ1) is 10.5. The Bertz CT molecular complexity index is 389. The molecule has 2 nitrogen and oxygen atoms in total. The zero-order valence-corrected chi connectivity index (χ0v) is 10.1. The van der Waals surface area contributed by atoms with Gasteiger partial charge < -0.3 is 4.90 Å². The topological polar surface area (TPSA) is 7.60 Å². The van der Waals surface area contributed by atoms with Gasteiger partial charge in [-0.2, -0.15) is 0 Å². The zero-order valence-electron chi connectivity index (χ0n) is 8.54. The van der Waals surface area contributed by atoms with E-state index in [4.69, 9.17) is 6.57 Å². The molecule has 1 saturated heterocycles. The Morgan fingerprint density at radius 2 is 1.93 bits per heavy atom. The Labute approximate surface area is 98.8 Å². The molecule has 1 aliphatic heterocycles. The molecule has 0 bridgehead atoms. The number of nitrogens with zero attached hydrogens (tertiary/aromatic N) is 2. The average molecular weight is 265 g/mol. The summed E-state index contributed by atoms with van der Waals surface area (Å²) in [4.78, 5) is 5.91. The molecule has 0 aliphatic carbocycles. The molecule has 3 heteroatoms. The van der Waals surface area contributed by atoms with Crippen molar-refractivity contribution in [3.8, 4) is 0 Å². The van der Waals surface area contributed by atoms with Crippen molar-refractivity contribution in [1.29, 1.82) is 0 Å². The van der Waals surface area contributed by atoms with Crippen LogP contribution in [0, 0.1) is 6.57 Å². The molecule has 78 valence electrons. The predicted molar refractivity (Wildman–Crippen MR) is 66.5 cm³/mol. The number of benzene rings is 1. The van der Waals surface area contributed by atoms with Crippen LogP contribution in [0.1, 0.15) is 19.3 Å². The van der Waals surface area contributed by atoms with Gasteiger partial charge in [-0.3, -0.25) is 0 Å². The second kappa shape index (κ2) is 4.67. The van der Waals surface area contributed by atoms with Crippen molar-refractivity contribution in [2.45, 2.75) is 19.3 Å². The van der Waals surface area contributed by atoms with E-state index >= 15 is 0 Å². The van der Waals surface area contributed by atoms with Crippen LogP contribution < -0.4 is 4.90 Å². The third-order valence-electron chi connectivity index (χ3n) is 2.75. The van der Waals surface area contributed by atoms with Crippen molar-refractivity contribution >= 4 is 27.3 Å². The van der Waals surface area contributed by atoms with Crippen LogP contribution in [0.5, 0.6) is 0 Å². The normalized spacial score (nSPS) is 16.1. The number of hydrogen-bond acceptors (Lipinski definition) is 1. The summed E-state index contributed by atoms with van der Waals surface area (Å²) >= 11 is 3.40. The zero-order chi connectivity index (χ0) is 10.7. The lowest BCUT2D eigenvalue weighted by atomic mass is 10.1. The summed E-state index contributed by atoms with van der Waals surface area (Å²) in [6.45, 7) is 9.35. The standard InChI is InChI=1S/C12H13BrN2/c1-14-11-9-10(13)5-6-12(11)15-7-3-2-4-8-15/h5-6,9H,2-4,7-8H2. The minimum absolute atomic E-state index is 0.756. The molecule has 1 aromatic carbocycles. The Balaban J connectivity index is 2.30. The van der Waals surface area contributed by atoms with E-state index < -0.39 is 0 Å². The molecule has 0 unspecified atom stereocenters. The number of hydrogen-bond donors (Lipinski definition) is 0. The van der Waals surface area contributed by atoms with Crippen LogP contribution >= 0.6 is 15.9 Å². The summed E-state index contributed by atoms with van der Waals surface area (Å²) in [6.07, 6.45) is 3.81. The molecular formula is C12H13BrN2. The van der Waals surface area contributed by atoms with Crippen LogP contribution in [0.3, 0.4) is 0 Å². The van der Waals surface area contributed by atoms with Gasteiger partial charge in [0.25, 0.3) is 0 Å². The molecular weight excluding hydrogens is 252 g/mol. The summed E-state index contributed by atoms with van der Waals surface area (Å²) in [5, 5.41) is 0. The van der Waals surface area contributed by atoms with Crippen LogP contribution in [-0.4, -0.2) is 13.1 Å². The van der Waals surface area contributed by atoms with Gasteiger partial charge >= 0.3 is 0 Å². The first-order valence-corrected chi connectivity index (χ1v) is 6.02. The second-order valence-corrected chi connectivity index (χ2v) is 4.71. The lowest BCUT2D eigenvalue weighted by Gasteiger charge is -2.29. The van der Waals surface area contributed by atoms with Crippen molar-refractivity contribution in [3.63, 3.8) is 0 Å². The molecule has 1 aliphatic rings. The summed E-state index contributed by atoms with van der Waals surface area (Å²) in [7, 11) is 0.